The first kappa shape index (κ1) is 16.5. The Morgan fingerprint density at radius 2 is 2.00 bits per heavy atom. The van der Waals surface area contributed by atoms with Crippen LogP contribution in [0.25, 0.3) is 10.9 Å². The molecule has 2 N–H and O–H groups in total. The Morgan fingerprint density at radius 1 is 1.35 bits per heavy atom. The summed E-state index contributed by atoms with van der Waals surface area (Å²) in [5.74, 6) is -1.64. The number of carbonyl (C=O) groups is 2. The summed E-state index contributed by atoms with van der Waals surface area (Å²) in [6.45, 7) is 3.31. The molecule has 2 rings (SSSR count). The summed E-state index contributed by atoms with van der Waals surface area (Å²) in [5, 5.41) is 9.25. The number of hydrogen-bond acceptors (Lipinski definition) is 4. The van der Waals surface area contributed by atoms with Crippen LogP contribution < -0.4 is 11.2 Å². The number of aliphatic carboxylic acids is 1. The molecule has 1 unspecified atom stereocenters. The zero-order valence-electron chi connectivity index (χ0n) is 13.0. The summed E-state index contributed by atoms with van der Waals surface area (Å²) in [4.78, 5) is 50.9. The van der Waals surface area contributed by atoms with Gasteiger partial charge in [-0.25, -0.2) is 9.59 Å². The van der Waals surface area contributed by atoms with Gasteiger partial charge in [0, 0.05) is 19.2 Å². The van der Waals surface area contributed by atoms with Crippen LogP contribution in [0, 0.1) is 0 Å². The monoisotopic (exact) mass is 319 g/mol. The van der Waals surface area contributed by atoms with E-state index in [1.807, 2.05) is 0 Å². The van der Waals surface area contributed by atoms with Crippen molar-refractivity contribution in [3.05, 3.63) is 44.6 Å². The minimum Gasteiger partial charge on any atom is -0.480 e. The normalized spacial score (nSPS) is 12.1. The highest BCUT2D eigenvalue weighted by molar-refractivity contribution is 5.99. The second-order valence-corrected chi connectivity index (χ2v) is 5.17. The van der Waals surface area contributed by atoms with Gasteiger partial charge in [-0.2, -0.15) is 0 Å². The highest BCUT2D eigenvalue weighted by Gasteiger charge is 2.23. The summed E-state index contributed by atoms with van der Waals surface area (Å²) in [7, 11) is 1.38. The van der Waals surface area contributed by atoms with Crippen molar-refractivity contribution in [3.63, 3.8) is 0 Å². The predicted molar refractivity (Wildman–Crippen MR) is 83.7 cm³/mol. The lowest BCUT2D eigenvalue weighted by molar-refractivity contribution is -0.141. The molecule has 8 nitrogen and oxygen atoms in total. The smallest absolute Gasteiger partial charge is 0.328 e. The largest absolute Gasteiger partial charge is 0.480 e. The summed E-state index contributed by atoms with van der Waals surface area (Å²) >= 11 is 0. The number of carbonyl (C=O) groups excluding carboxylic acids is 1. The molecule has 1 heterocycles. The molecule has 0 aliphatic rings. The number of aromatic amines is 1. The van der Waals surface area contributed by atoms with Gasteiger partial charge in [0.2, 0.25) is 0 Å². The maximum Gasteiger partial charge on any atom is 0.328 e. The molecular weight excluding hydrogens is 302 g/mol. The molecule has 1 atom stereocenters. The van der Waals surface area contributed by atoms with E-state index < -0.39 is 29.2 Å². The number of benzene rings is 1. The Morgan fingerprint density at radius 3 is 2.57 bits per heavy atom. The number of rotatable bonds is 4. The topological polar surface area (TPSA) is 112 Å². The van der Waals surface area contributed by atoms with Crippen molar-refractivity contribution >= 4 is 22.8 Å². The molecular formula is C15H17N3O5. The van der Waals surface area contributed by atoms with Gasteiger partial charge in [-0.3, -0.25) is 14.2 Å². The zero-order chi connectivity index (χ0) is 17.3. The Labute approximate surface area is 131 Å². The van der Waals surface area contributed by atoms with Gasteiger partial charge in [0.1, 0.15) is 6.04 Å². The maximum absolute atomic E-state index is 12.3. The van der Waals surface area contributed by atoms with Crippen molar-refractivity contribution in [1.29, 1.82) is 0 Å². The fraction of sp³-hybridized carbons (Fsp3) is 0.333. The van der Waals surface area contributed by atoms with Gasteiger partial charge in [-0.1, -0.05) is 0 Å². The number of H-pyrrole nitrogens is 1. The molecule has 122 valence electrons. The average molecular weight is 319 g/mol. The van der Waals surface area contributed by atoms with Crippen LogP contribution in [-0.4, -0.2) is 44.5 Å². The number of nitrogens with one attached hydrogen (secondary N) is 1. The van der Waals surface area contributed by atoms with Gasteiger partial charge < -0.3 is 15.0 Å². The number of aromatic nitrogens is 2. The van der Waals surface area contributed by atoms with Crippen molar-refractivity contribution in [3.8, 4) is 0 Å². The Hall–Kier alpha value is -2.90. The van der Waals surface area contributed by atoms with Gasteiger partial charge in [0.25, 0.3) is 11.5 Å². The molecule has 0 fully saturated rings. The highest BCUT2D eigenvalue weighted by Crippen LogP contribution is 2.12. The Kier molecular flexibility index (Phi) is 4.35. The number of carboxylic acids is 1. The molecule has 0 saturated carbocycles. The molecule has 1 amide bonds. The quantitative estimate of drug-likeness (QED) is 0.839. The van der Waals surface area contributed by atoms with Crippen LogP contribution in [0.4, 0.5) is 0 Å². The number of hydrogen-bond donors (Lipinski definition) is 2. The van der Waals surface area contributed by atoms with Crippen LogP contribution in [0.5, 0.6) is 0 Å². The van der Waals surface area contributed by atoms with Gasteiger partial charge in [0.15, 0.2) is 0 Å². The fourth-order valence-corrected chi connectivity index (χ4v) is 2.22. The van der Waals surface area contributed by atoms with E-state index in [1.165, 1.54) is 32.2 Å². The highest BCUT2D eigenvalue weighted by atomic mass is 16.4. The maximum atomic E-state index is 12.3. The minimum atomic E-state index is -1.12. The molecule has 0 bridgehead atoms. The summed E-state index contributed by atoms with van der Waals surface area (Å²) < 4.78 is 1.06. The van der Waals surface area contributed by atoms with Gasteiger partial charge in [-0.05, 0) is 32.0 Å². The summed E-state index contributed by atoms with van der Waals surface area (Å²) in [6.07, 6.45) is 0. The number of carboxylic acid groups (broad SMARTS) is 1. The molecule has 0 saturated heterocycles. The SMILES string of the molecule is CCn1c(=O)[nH]c2cc(C(=O)N(C)C(C)C(=O)O)ccc2c1=O. The first-order valence-corrected chi connectivity index (χ1v) is 7.04. The number of fused-ring (bicyclic) bond motifs is 1. The van der Waals surface area contributed by atoms with Gasteiger partial charge in [-0.15, -0.1) is 0 Å². The first-order valence-electron chi connectivity index (χ1n) is 7.04. The van der Waals surface area contributed by atoms with E-state index in [-0.39, 0.29) is 23.0 Å². The van der Waals surface area contributed by atoms with Crippen molar-refractivity contribution in [2.75, 3.05) is 7.05 Å². The molecule has 0 aliphatic heterocycles. The van der Waals surface area contributed by atoms with Crippen LogP contribution >= 0.6 is 0 Å². The van der Waals surface area contributed by atoms with E-state index in [2.05, 4.69) is 4.98 Å². The summed E-state index contributed by atoms with van der Waals surface area (Å²) in [5.41, 5.74) is -0.552. The molecule has 0 radical (unpaired) electrons. The van der Waals surface area contributed by atoms with Crippen molar-refractivity contribution in [2.45, 2.75) is 26.4 Å². The van der Waals surface area contributed by atoms with E-state index in [1.54, 1.807) is 6.92 Å². The second-order valence-electron chi connectivity index (χ2n) is 5.17. The zero-order valence-corrected chi connectivity index (χ0v) is 13.0. The lowest BCUT2D eigenvalue weighted by Crippen LogP contribution is -2.40. The predicted octanol–water partition coefficient (Wildman–Crippen LogP) is 0.255. The van der Waals surface area contributed by atoms with Crippen LogP contribution in [0.15, 0.2) is 27.8 Å². The standard InChI is InChI=1S/C15H17N3O5/c1-4-18-13(20)10-6-5-9(7-11(10)16-15(18)23)12(19)17(3)8(2)14(21)22/h5-8H,4H2,1-3H3,(H,16,23)(H,21,22). The van der Waals surface area contributed by atoms with Crippen molar-refractivity contribution in [1.82, 2.24) is 14.5 Å². The average Bonchev–Trinajstić information content (AvgIpc) is 2.52. The van der Waals surface area contributed by atoms with Crippen LogP contribution in [-0.2, 0) is 11.3 Å². The Bertz CT molecular complexity index is 896. The summed E-state index contributed by atoms with van der Waals surface area (Å²) in [6, 6.07) is 3.28. The van der Waals surface area contributed by atoms with E-state index >= 15 is 0 Å². The number of amides is 1. The molecule has 1 aromatic carbocycles. The van der Waals surface area contributed by atoms with E-state index in [4.69, 9.17) is 5.11 Å². The molecule has 1 aromatic heterocycles. The lowest BCUT2D eigenvalue weighted by atomic mass is 10.1. The third-order valence-electron chi connectivity index (χ3n) is 3.80. The lowest BCUT2D eigenvalue weighted by Gasteiger charge is -2.21. The molecule has 0 aliphatic carbocycles. The van der Waals surface area contributed by atoms with Crippen LogP contribution in [0.3, 0.4) is 0 Å². The third-order valence-corrected chi connectivity index (χ3v) is 3.80. The van der Waals surface area contributed by atoms with E-state index in [0.717, 1.165) is 9.47 Å². The van der Waals surface area contributed by atoms with Crippen LogP contribution in [0.1, 0.15) is 24.2 Å². The minimum absolute atomic E-state index is 0.192. The third kappa shape index (κ3) is 2.87. The molecule has 23 heavy (non-hydrogen) atoms. The number of nitrogens with zero attached hydrogens (tertiary/aromatic N) is 2. The Balaban J connectivity index is 2.53. The number of likely N-dealkylation sites (N-methyl/N-ethyl adjacent to an activating group) is 1. The fourth-order valence-electron chi connectivity index (χ4n) is 2.22. The van der Waals surface area contributed by atoms with E-state index in [0.29, 0.717) is 0 Å². The van der Waals surface area contributed by atoms with E-state index in [9.17, 15) is 19.2 Å². The van der Waals surface area contributed by atoms with Gasteiger partial charge >= 0.3 is 11.7 Å². The molecule has 2 aromatic rings. The van der Waals surface area contributed by atoms with Crippen molar-refractivity contribution in [2.24, 2.45) is 0 Å². The first-order chi connectivity index (χ1) is 10.8. The second kappa shape index (κ2) is 6.07. The molecule has 0 spiro atoms. The molecule has 8 heteroatoms. The van der Waals surface area contributed by atoms with Crippen LogP contribution in [0.2, 0.25) is 0 Å². The van der Waals surface area contributed by atoms with Crippen molar-refractivity contribution < 1.29 is 14.7 Å². The van der Waals surface area contributed by atoms with Gasteiger partial charge in [0.05, 0.1) is 10.9 Å².